The second-order valence-corrected chi connectivity index (χ2v) is 6.29. The Morgan fingerprint density at radius 3 is 2.60 bits per heavy atom. The van der Waals surface area contributed by atoms with E-state index in [1.54, 1.807) is 14.2 Å². The Morgan fingerprint density at radius 2 is 2.00 bits per heavy atom. The van der Waals surface area contributed by atoms with E-state index in [-0.39, 0.29) is 0 Å². The summed E-state index contributed by atoms with van der Waals surface area (Å²) in [6, 6.07) is 6.64. The molecule has 0 saturated carbocycles. The van der Waals surface area contributed by atoms with Crippen molar-refractivity contribution in [3.8, 4) is 5.75 Å². The van der Waals surface area contributed by atoms with Gasteiger partial charge in [0, 0.05) is 24.0 Å². The van der Waals surface area contributed by atoms with Gasteiger partial charge < -0.3 is 14.8 Å². The van der Waals surface area contributed by atoms with E-state index in [4.69, 9.17) is 9.47 Å². The fourth-order valence-corrected chi connectivity index (χ4v) is 2.43. The maximum Gasteiger partial charge on any atom is 0.124 e. The van der Waals surface area contributed by atoms with Gasteiger partial charge >= 0.3 is 0 Å². The summed E-state index contributed by atoms with van der Waals surface area (Å²) in [5, 5.41) is 4.28. The van der Waals surface area contributed by atoms with Crippen LogP contribution in [0.4, 0.5) is 0 Å². The molecular weight excluding hydrogens is 270 g/mol. The van der Waals surface area contributed by atoms with Crippen molar-refractivity contribution in [3.63, 3.8) is 0 Å². The van der Waals surface area contributed by atoms with Crippen molar-refractivity contribution in [3.05, 3.63) is 29.3 Å². The van der Waals surface area contributed by atoms with Crippen molar-refractivity contribution in [2.45, 2.75) is 38.2 Å². The van der Waals surface area contributed by atoms with E-state index < -0.39 is 0 Å². The first kappa shape index (κ1) is 17.3. The van der Waals surface area contributed by atoms with E-state index in [0.29, 0.717) is 17.9 Å². The Balaban J connectivity index is 2.63. The molecule has 0 aromatic heterocycles. The standard InChI is InChI=1S/C16H27NO2S/c1-12(20-5)8-9-17-13(2)14-6-7-16(19-4)15(10-14)11-18-3/h6-7,10,12-13,17H,8-9,11H2,1-5H3. The number of benzene rings is 1. The van der Waals surface area contributed by atoms with E-state index in [1.807, 2.05) is 17.8 Å². The molecule has 2 atom stereocenters. The molecule has 20 heavy (non-hydrogen) atoms. The highest BCUT2D eigenvalue weighted by Crippen LogP contribution is 2.24. The van der Waals surface area contributed by atoms with Crippen molar-refractivity contribution in [1.29, 1.82) is 0 Å². The smallest absolute Gasteiger partial charge is 0.124 e. The molecule has 0 spiro atoms. The molecule has 0 aliphatic heterocycles. The monoisotopic (exact) mass is 297 g/mol. The molecule has 4 heteroatoms. The Morgan fingerprint density at radius 1 is 1.25 bits per heavy atom. The third-order valence-corrected chi connectivity index (χ3v) is 4.55. The van der Waals surface area contributed by atoms with Crippen LogP contribution in [-0.2, 0) is 11.3 Å². The molecule has 0 amide bonds. The fourth-order valence-electron chi connectivity index (χ4n) is 2.07. The highest BCUT2D eigenvalue weighted by atomic mass is 32.2. The normalized spacial score (nSPS) is 14.1. The van der Waals surface area contributed by atoms with Gasteiger partial charge in [0.1, 0.15) is 5.75 Å². The average Bonchev–Trinajstić information content (AvgIpc) is 2.47. The maximum absolute atomic E-state index is 5.36. The molecular formula is C16H27NO2S. The first-order chi connectivity index (χ1) is 9.62. The van der Waals surface area contributed by atoms with Crippen LogP contribution in [0.25, 0.3) is 0 Å². The summed E-state index contributed by atoms with van der Waals surface area (Å²) in [6.07, 6.45) is 3.35. The Hall–Kier alpha value is -0.710. The van der Waals surface area contributed by atoms with Crippen LogP contribution in [0.15, 0.2) is 18.2 Å². The summed E-state index contributed by atoms with van der Waals surface area (Å²) in [6.45, 7) is 6.07. The quantitative estimate of drug-likeness (QED) is 0.754. The minimum atomic E-state index is 0.338. The molecule has 2 unspecified atom stereocenters. The molecule has 1 aromatic carbocycles. The van der Waals surface area contributed by atoms with E-state index in [0.717, 1.165) is 17.9 Å². The number of hydrogen-bond acceptors (Lipinski definition) is 4. The summed E-state index contributed by atoms with van der Waals surface area (Å²) in [5.41, 5.74) is 2.37. The zero-order chi connectivity index (χ0) is 15.0. The Bertz CT molecular complexity index is 398. The molecule has 3 nitrogen and oxygen atoms in total. The molecule has 0 saturated heterocycles. The summed E-state index contributed by atoms with van der Waals surface area (Å²) in [4.78, 5) is 0. The maximum atomic E-state index is 5.36. The first-order valence-electron chi connectivity index (χ1n) is 7.04. The number of hydrogen-bond donors (Lipinski definition) is 1. The molecule has 114 valence electrons. The van der Waals surface area contributed by atoms with Gasteiger partial charge in [-0.1, -0.05) is 13.0 Å². The Kier molecular flexibility index (Phi) is 8.04. The van der Waals surface area contributed by atoms with Gasteiger partial charge in [0.05, 0.1) is 13.7 Å². The lowest BCUT2D eigenvalue weighted by Gasteiger charge is -2.18. The molecule has 1 N–H and O–H groups in total. The van der Waals surface area contributed by atoms with Crippen LogP contribution in [0.3, 0.4) is 0 Å². The number of nitrogens with one attached hydrogen (secondary N) is 1. The number of thioether (sulfide) groups is 1. The highest BCUT2D eigenvalue weighted by molar-refractivity contribution is 7.99. The molecule has 0 fully saturated rings. The largest absolute Gasteiger partial charge is 0.496 e. The summed E-state index contributed by atoms with van der Waals surface area (Å²) in [5.74, 6) is 0.888. The van der Waals surface area contributed by atoms with Gasteiger partial charge in [0.15, 0.2) is 0 Å². The van der Waals surface area contributed by atoms with Gasteiger partial charge in [-0.05, 0) is 43.8 Å². The van der Waals surface area contributed by atoms with Crippen molar-refractivity contribution in [2.75, 3.05) is 27.0 Å². The minimum absolute atomic E-state index is 0.338. The molecule has 0 heterocycles. The predicted molar refractivity (Wildman–Crippen MR) is 87.7 cm³/mol. The molecule has 0 bridgehead atoms. The molecule has 0 radical (unpaired) electrons. The third kappa shape index (κ3) is 5.35. The van der Waals surface area contributed by atoms with Crippen LogP contribution in [0.5, 0.6) is 5.75 Å². The average molecular weight is 297 g/mol. The van der Waals surface area contributed by atoms with Crippen molar-refractivity contribution < 1.29 is 9.47 Å². The fraction of sp³-hybridized carbons (Fsp3) is 0.625. The van der Waals surface area contributed by atoms with Gasteiger partial charge in [-0.15, -0.1) is 0 Å². The van der Waals surface area contributed by atoms with Crippen molar-refractivity contribution >= 4 is 11.8 Å². The van der Waals surface area contributed by atoms with Crippen molar-refractivity contribution in [1.82, 2.24) is 5.32 Å². The van der Waals surface area contributed by atoms with Crippen LogP contribution in [0.2, 0.25) is 0 Å². The lowest BCUT2D eigenvalue weighted by atomic mass is 10.0. The number of methoxy groups -OCH3 is 2. The number of ether oxygens (including phenoxy) is 2. The molecule has 0 aliphatic carbocycles. The van der Waals surface area contributed by atoms with Crippen LogP contribution >= 0.6 is 11.8 Å². The van der Waals surface area contributed by atoms with Gasteiger partial charge in [0.2, 0.25) is 0 Å². The first-order valence-corrected chi connectivity index (χ1v) is 8.33. The topological polar surface area (TPSA) is 30.5 Å². The minimum Gasteiger partial charge on any atom is -0.496 e. The van der Waals surface area contributed by atoms with Crippen molar-refractivity contribution in [2.24, 2.45) is 0 Å². The lowest BCUT2D eigenvalue weighted by molar-refractivity contribution is 0.181. The summed E-state index contributed by atoms with van der Waals surface area (Å²) in [7, 11) is 3.40. The van der Waals surface area contributed by atoms with E-state index >= 15 is 0 Å². The Labute approximate surface area is 127 Å². The number of rotatable bonds is 9. The van der Waals surface area contributed by atoms with Gasteiger partial charge in [-0.25, -0.2) is 0 Å². The third-order valence-electron chi connectivity index (χ3n) is 3.51. The van der Waals surface area contributed by atoms with E-state index in [1.165, 1.54) is 12.0 Å². The summed E-state index contributed by atoms with van der Waals surface area (Å²) >= 11 is 1.91. The second-order valence-electron chi connectivity index (χ2n) is 5.02. The van der Waals surface area contributed by atoms with Gasteiger partial charge in [-0.2, -0.15) is 11.8 Å². The van der Waals surface area contributed by atoms with Gasteiger partial charge in [0.25, 0.3) is 0 Å². The lowest BCUT2D eigenvalue weighted by Crippen LogP contribution is -2.22. The molecule has 0 aliphatic rings. The highest BCUT2D eigenvalue weighted by Gasteiger charge is 2.10. The molecule has 1 rings (SSSR count). The van der Waals surface area contributed by atoms with Gasteiger partial charge in [-0.3, -0.25) is 0 Å². The van der Waals surface area contributed by atoms with E-state index in [9.17, 15) is 0 Å². The van der Waals surface area contributed by atoms with E-state index in [2.05, 4.69) is 37.6 Å². The molecule has 1 aromatic rings. The van der Waals surface area contributed by atoms with Crippen LogP contribution in [0, 0.1) is 0 Å². The zero-order valence-corrected chi connectivity index (χ0v) is 14.0. The predicted octanol–water partition coefficient (Wildman–Crippen LogP) is 3.63. The SMILES string of the molecule is COCc1cc(C(C)NCCC(C)SC)ccc1OC. The zero-order valence-electron chi connectivity index (χ0n) is 13.2. The second kappa shape index (κ2) is 9.27. The summed E-state index contributed by atoms with van der Waals surface area (Å²) < 4.78 is 10.6. The van der Waals surface area contributed by atoms with Crippen LogP contribution < -0.4 is 10.1 Å². The van der Waals surface area contributed by atoms with Crippen LogP contribution in [-0.4, -0.2) is 32.3 Å². The van der Waals surface area contributed by atoms with Crippen LogP contribution in [0.1, 0.15) is 37.4 Å².